The van der Waals surface area contributed by atoms with Crippen molar-refractivity contribution in [1.82, 2.24) is 26.2 Å². The molecule has 1 aliphatic rings. The van der Waals surface area contributed by atoms with Crippen LogP contribution in [0.15, 0.2) is 30.3 Å². The molecule has 58 heavy (non-hydrogen) atoms. The minimum absolute atomic E-state index is 0.0243. The summed E-state index contributed by atoms with van der Waals surface area (Å²) in [6.45, 7) is 2.67. The first-order chi connectivity index (χ1) is 27.7. The number of unbranched alkanes of at least 4 members (excludes halogenated alkanes) is 5. The lowest BCUT2D eigenvalue weighted by molar-refractivity contribution is -0.142. The molecule has 2 aromatic rings. The standard InChI is InChI=1S/C41H62N8O9/c1-4-5-6-7-8-9-12-26(42)25-44-22-19-30(43)37(53)47-31(38(54)45-23-20-32(41(57)58)46-34(50)15-11-16-35(51)52)21-24-49-39(55)28-14-10-13-27-33(48(2)3)18-17-29(36(27)28)40(49)56/h10,13-14,17-18,26,30-32,44H,4-9,11-12,15-16,19-25,42-43H2,1-3H3,(H,45,54)(H,46,50)(H,47,53)(H,51,52)(H,57,58)/t26-,30-,31?,32+/m0/s1. The van der Waals surface area contributed by atoms with E-state index < -0.39 is 59.6 Å². The van der Waals surface area contributed by atoms with Gasteiger partial charge >= 0.3 is 11.9 Å². The molecule has 0 saturated heterocycles. The SMILES string of the molecule is CCCCCCCC[C@H](N)CNCC[C@H](N)C(=O)NC(CCN1C(=O)c2cccc3c(N(C)C)ccc(c23)C1=O)C(=O)NCC[C@@H](NC(=O)CCCC(=O)O)C(=O)O. The monoisotopic (exact) mass is 810 g/mol. The zero-order chi connectivity index (χ0) is 42.8. The Morgan fingerprint density at radius 1 is 0.759 bits per heavy atom. The summed E-state index contributed by atoms with van der Waals surface area (Å²) in [5, 5.41) is 30.5. The molecule has 17 nitrogen and oxygen atoms in total. The van der Waals surface area contributed by atoms with Crippen molar-refractivity contribution in [3.05, 3.63) is 41.5 Å². The van der Waals surface area contributed by atoms with Gasteiger partial charge in [0.25, 0.3) is 11.8 Å². The number of carboxylic acids is 2. The van der Waals surface area contributed by atoms with Gasteiger partial charge in [0.2, 0.25) is 17.7 Å². The van der Waals surface area contributed by atoms with Crippen LogP contribution in [0.25, 0.3) is 10.8 Å². The third-order valence-corrected chi connectivity index (χ3v) is 10.2. The number of aliphatic carboxylic acids is 2. The van der Waals surface area contributed by atoms with Gasteiger partial charge in [0.1, 0.15) is 12.1 Å². The number of nitrogens with one attached hydrogen (secondary N) is 4. The summed E-state index contributed by atoms with van der Waals surface area (Å²) in [5.41, 5.74) is 14.0. The highest BCUT2D eigenvalue weighted by molar-refractivity contribution is 6.26. The Morgan fingerprint density at radius 2 is 1.45 bits per heavy atom. The molecule has 0 spiro atoms. The number of imide groups is 1. The highest BCUT2D eigenvalue weighted by atomic mass is 16.4. The zero-order valence-electron chi connectivity index (χ0n) is 34.0. The summed E-state index contributed by atoms with van der Waals surface area (Å²) < 4.78 is 0. The van der Waals surface area contributed by atoms with E-state index in [0.717, 1.165) is 35.2 Å². The van der Waals surface area contributed by atoms with Crippen molar-refractivity contribution in [2.24, 2.45) is 11.5 Å². The van der Waals surface area contributed by atoms with E-state index in [-0.39, 0.29) is 57.7 Å². The Bertz CT molecular complexity index is 1730. The van der Waals surface area contributed by atoms with Gasteiger partial charge in [-0.15, -0.1) is 0 Å². The van der Waals surface area contributed by atoms with Gasteiger partial charge in [0, 0.05) is 80.2 Å². The summed E-state index contributed by atoms with van der Waals surface area (Å²) in [4.78, 5) is 92.2. The molecule has 1 aliphatic heterocycles. The number of carbonyl (C=O) groups excluding carboxylic acids is 5. The van der Waals surface area contributed by atoms with E-state index in [2.05, 4.69) is 28.2 Å². The second kappa shape index (κ2) is 23.9. The molecule has 0 aliphatic carbocycles. The van der Waals surface area contributed by atoms with Crippen LogP contribution < -0.4 is 37.6 Å². The van der Waals surface area contributed by atoms with Crippen LogP contribution in [0.1, 0.15) is 111 Å². The number of hydrogen-bond acceptors (Lipinski definition) is 11. The number of amides is 5. The van der Waals surface area contributed by atoms with Crippen LogP contribution in [0.3, 0.4) is 0 Å². The van der Waals surface area contributed by atoms with E-state index in [1.54, 1.807) is 24.3 Å². The molecule has 0 radical (unpaired) electrons. The van der Waals surface area contributed by atoms with E-state index >= 15 is 0 Å². The van der Waals surface area contributed by atoms with Gasteiger partial charge in [-0.2, -0.15) is 0 Å². The minimum atomic E-state index is -1.38. The Kier molecular flexibility index (Phi) is 19.5. The first kappa shape index (κ1) is 47.2. The maximum atomic E-state index is 13.8. The number of nitrogens with zero attached hydrogens (tertiary/aromatic N) is 2. The van der Waals surface area contributed by atoms with Crippen molar-refractivity contribution >= 4 is 57.9 Å². The largest absolute Gasteiger partial charge is 0.481 e. The van der Waals surface area contributed by atoms with E-state index in [4.69, 9.17) is 16.6 Å². The first-order valence-electron chi connectivity index (χ1n) is 20.3. The van der Waals surface area contributed by atoms with E-state index in [0.29, 0.717) is 29.6 Å². The lowest BCUT2D eigenvalue weighted by Crippen LogP contribution is -2.54. The third kappa shape index (κ3) is 14.4. The van der Waals surface area contributed by atoms with Crippen molar-refractivity contribution in [2.45, 2.75) is 115 Å². The van der Waals surface area contributed by atoms with Crippen LogP contribution in [0.4, 0.5) is 5.69 Å². The van der Waals surface area contributed by atoms with Gasteiger partial charge < -0.3 is 47.8 Å². The number of hydrogen-bond donors (Lipinski definition) is 8. The second-order valence-electron chi connectivity index (χ2n) is 15.1. The maximum absolute atomic E-state index is 13.8. The quantitative estimate of drug-likeness (QED) is 0.0453. The molecule has 0 bridgehead atoms. The molecular weight excluding hydrogens is 748 g/mol. The zero-order valence-corrected chi connectivity index (χ0v) is 34.0. The van der Waals surface area contributed by atoms with Crippen molar-refractivity contribution in [2.75, 3.05) is 45.2 Å². The second-order valence-corrected chi connectivity index (χ2v) is 15.1. The molecule has 0 aromatic heterocycles. The fourth-order valence-corrected chi connectivity index (χ4v) is 6.88. The van der Waals surface area contributed by atoms with E-state index in [9.17, 15) is 38.7 Å². The number of rotatable bonds is 28. The normalized spacial score (nSPS) is 14.4. The van der Waals surface area contributed by atoms with Gasteiger partial charge in [0.05, 0.1) is 6.04 Å². The van der Waals surface area contributed by atoms with Crippen LogP contribution in [0, 0.1) is 0 Å². The Hall–Kier alpha value is -5.13. The fourth-order valence-electron chi connectivity index (χ4n) is 6.88. The van der Waals surface area contributed by atoms with E-state index in [1.165, 1.54) is 25.7 Å². The lowest BCUT2D eigenvalue weighted by Gasteiger charge is -2.30. The number of nitrogens with two attached hydrogens (primary N) is 2. The van der Waals surface area contributed by atoms with Crippen LogP contribution >= 0.6 is 0 Å². The number of carboxylic acid groups (broad SMARTS) is 2. The molecule has 5 amide bonds. The summed E-state index contributed by atoms with van der Waals surface area (Å²) >= 11 is 0. The topological polar surface area (TPSA) is 267 Å². The van der Waals surface area contributed by atoms with Gasteiger partial charge in [-0.1, -0.05) is 57.6 Å². The van der Waals surface area contributed by atoms with Crippen LogP contribution in [0.2, 0.25) is 0 Å². The summed E-state index contributed by atoms with van der Waals surface area (Å²) in [7, 11) is 3.72. The molecule has 3 rings (SSSR count). The summed E-state index contributed by atoms with van der Waals surface area (Å²) in [6, 6.07) is 4.96. The van der Waals surface area contributed by atoms with Crippen molar-refractivity contribution in [1.29, 1.82) is 0 Å². The lowest BCUT2D eigenvalue weighted by atomic mass is 9.92. The summed E-state index contributed by atoms with van der Waals surface area (Å²) in [5.74, 6) is -5.55. The van der Waals surface area contributed by atoms with Crippen LogP contribution in [0.5, 0.6) is 0 Å². The molecule has 10 N–H and O–H groups in total. The average molecular weight is 811 g/mol. The van der Waals surface area contributed by atoms with Gasteiger partial charge in [-0.3, -0.25) is 33.7 Å². The molecule has 0 fully saturated rings. The Morgan fingerprint density at radius 3 is 2.12 bits per heavy atom. The molecule has 4 atom stereocenters. The maximum Gasteiger partial charge on any atom is 0.326 e. The fraction of sp³-hybridized carbons (Fsp3) is 0.585. The number of carbonyl (C=O) groups is 7. The highest BCUT2D eigenvalue weighted by Gasteiger charge is 2.35. The van der Waals surface area contributed by atoms with Gasteiger partial charge in [-0.05, 0) is 56.8 Å². The first-order valence-corrected chi connectivity index (χ1v) is 20.3. The van der Waals surface area contributed by atoms with Crippen LogP contribution in [-0.4, -0.2) is 121 Å². The molecular formula is C41H62N8O9. The average Bonchev–Trinajstić information content (AvgIpc) is 3.18. The highest BCUT2D eigenvalue weighted by Crippen LogP contribution is 2.35. The molecule has 1 unspecified atom stereocenters. The van der Waals surface area contributed by atoms with Crippen molar-refractivity contribution in [3.8, 4) is 0 Å². The van der Waals surface area contributed by atoms with Crippen molar-refractivity contribution in [3.63, 3.8) is 0 Å². The van der Waals surface area contributed by atoms with Crippen molar-refractivity contribution < 1.29 is 43.8 Å². The molecule has 320 valence electrons. The third-order valence-electron chi connectivity index (χ3n) is 10.2. The summed E-state index contributed by atoms with van der Waals surface area (Å²) in [6.07, 6.45) is 7.33. The minimum Gasteiger partial charge on any atom is -0.481 e. The molecule has 0 saturated carbocycles. The van der Waals surface area contributed by atoms with E-state index in [1.807, 2.05) is 25.1 Å². The number of anilines is 1. The Labute approximate surface area is 340 Å². The number of benzene rings is 2. The van der Waals surface area contributed by atoms with Gasteiger partial charge in [0.15, 0.2) is 0 Å². The predicted octanol–water partition coefficient (Wildman–Crippen LogP) is 2.09. The molecule has 17 heteroatoms. The molecule has 2 aromatic carbocycles. The van der Waals surface area contributed by atoms with Crippen LogP contribution in [-0.2, 0) is 24.0 Å². The molecule has 1 heterocycles. The Balaban J connectivity index is 1.66. The van der Waals surface area contributed by atoms with Gasteiger partial charge in [-0.25, -0.2) is 4.79 Å². The smallest absolute Gasteiger partial charge is 0.326 e. The predicted molar refractivity (Wildman–Crippen MR) is 220 cm³/mol.